The molecule has 0 aliphatic heterocycles. The summed E-state index contributed by atoms with van der Waals surface area (Å²) < 4.78 is 10.8. The molecule has 1 aromatic heterocycles. The maximum Gasteiger partial charge on any atom is 0.148 e. The molecule has 0 atom stereocenters. The van der Waals surface area contributed by atoms with Crippen LogP contribution in [0.15, 0.2) is 30.5 Å². The first-order valence-electron chi connectivity index (χ1n) is 5.51. The van der Waals surface area contributed by atoms with E-state index in [-0.39, 0.29) is 0 Å². The standard InChI is InChI=1S/C14H14ClNO2/c1-9-14(18-3)11(6-7-16-9)12-8-10(15)4-5-13(12)17-2/h4-8H,1-3H3. The number of hydrogen-bond acceptors (Lipinski definition) is 3. The highest BCUT2D eigenvalue weighted by molar-refractivity contribution is 6.31. The van der Waals surface area contributed by atoms with Crippen molar-refractivity contribution >= 4 is 11.6 Å². The molecule has 0 saturated heterocycles. The first-order chi connectivity index (χ1) is 8.67. The third kappa shape index (κ3) is 2.27. The summed E-state index contributed by atoms with van der Waals surface area (Å²) in [5.74, 6) is 1.49. The molecule has 0 radical (unpaired) electrons. The zero-order valence-corrected chi connectivity index (χ0v) is 11.3. The normalized spacial score (nSPS) is 10.2. The predicted octanol–water partition coefficient (Wildman–Crippen LogP) is 3.73. The number of halogens is 1. The molecular formula is C14H14ClNO2. The van der Waals surface area contributed by atoms with E-state index < -0.39 is 0 Å². The van der Waals surface area contributed by atoms with E-state index in [1.165, 1.54) is 0 Å². The van der Waals surface area contributed by atoms with E-state index in [0.717, 1.165) is 28.3 Å². The van der Waals surface area contributed by atoms with Gasteiger partial charge in [0, 0.05) is 22.3 Å². The Labute approximate surface area is 111 Å². The van der Waals surface area contributed by atoms with Crippen LogP contribution in [0.5, 0.6) is 11.5 Å². The number of aromatic nitrogens is 1. The van der Waals surface area contributed by atoms with Crippen LogP contribution in [-0.2, 0) is 0 Å². The number of rotatable bonds is 3. The van der Waals surface area contributed by atoms with E-state index in [0.29, 0.717) is 5.02 Å². The second-order valence-corrected chi connectivity index (χ2v) is 4.26. The molecule has 0 unspecified atom stereocenters. The summed E-state index contributed by atoms with van der Waals surface area (Å²) in [5.41, 5.74) is 2.65. The summed E-state index contributed by atoms with van der Waals surface area (Å²) in [6.45, 7) is 1.90. The Balaban J connectivity index is 2.68. The van der Waals surface area contributed by atoms with Gasteiger partial charge in [-0.15, -0.1) is 0 Å². The highest BCUT2D eigenvalue weighted by Gasteiger charge is 2.13. The van der Waals surface area contributed by atoms with Crippen LogP contribution in [0.3, 0.4) is 0 Å². The number of methoxy groups -OCH3 is 2. The molecule has 0 N–H and O–H groups in total. The first-order valence-corrected chi connectivity index (χ1v) is 5.88. The molecule has 94 valence electrons. The summed E-state index contributed by atoms with van der Waals surface area (Å²) >= 11 is 6.05. The summed E-state index contributed by atoms with van der Waals surface area (Å²) in [6, 6.07) is 7.38. The lowest BCUT2D eigenvalue weighted by molar-refractivity contribution is 0.407. The van der Waals surface area contributed by atoms with E-state index in [9.17, 15) is 0 Å². The number of pyridine rings is 1. The molecule has 0 aliphatic rings. The lowest BCUT2D eigenvalue weighted by Gasteiger charge is -2.13. The SMILES string of the molecule is COc1ccc(Cl)cc1-c1ccnc(C)c1OC. The van der Waals surface area contributed by atoms with E-state index >= 15 is 0 Å². The van der Waals surface area contributed by atoms with Crippen molar-refractivity contribution in [2.24, 2.45) is 0 Å². The summed E-state index contributed by atoms with van der Waals surface area (Å²) in [4.78, 5) is 4.22. The van der Waals surface area contributed by atoms with Gasteiger partial charge < -0.3 is 9.47 Å². The molecule has 0 saturated carbocycles. The average Bonchev–Trinajstić information content (AvgIpc) is 2.38. The van der Waals surface area contributed by atoms with Crippen molar-refractivity contribution in [3.63, 3.8) is 0 Å². The smallest absolute Gasteiger partial charge is 0.148 e. The molecular weight excluding hydrogens is 250 g/mol. The Kier molecular flexibility index (Phi) is 3.72. The van der Waals surface area contributed by atoms with Gasteiger partial charge in [-0.2, -0.15) is 0 Å². The summed E-state index contributed by atoms with van der Waals surface area (Å²) in [7, 11) is 3.26. The highest BCUT2D eigenvalue weighted by Crippen LogP contribution is 2.38. The van der Waals surface area contributed by atoms with Crippen molar-refractivity contribution in [2.45, 2.75) is 6.92 Å². The molecule has 0 aliphatic carbocycles. The Morgan fingerprint density at radius 2 is 1.83 bits per heavy atom. The van der Waals surface area contributed by atoms with Crippen molar-refractivity contribution in [3.8, 4) is 22.6 Å². The number of aryl methyl sites for hydroxylation is 1. The van der Waals surface area contributed by atoms with Gasteiger partial charge in [-0.05, 0) is 31.2 Å². The van der Waals surface area contributed by atoms with Gasteiger partial charge >= 0.3 is 0 Å². The molecule has 0 amide bonds. The van der Waals surface area contributed by atoms with Gasteiger partial charge in [-0.1, -0.05) is 11.6 Å². The van der Waals surface area contributed by atoms with Crippen molar-refractivity contribution in [2.75, 3.05) is 14.2 Å². The number of ether oxygens (including phenoxy) is 2. The van der Waals surface area contributed by atoms with Crippen LogP contribution in [0.2, 0.25) is 5.02 Å². The van der Waals surface area contributed by atoms with Crippen molar-refractivity contribution in [1.82, 2.24) is 4.98 Å². The van der Waals surface area contributed by atoms with Crippen LogP contribution in [0.4, 0.5) is 0 Å². The third-order valence-electron chi connectivity index (χ3n) is 2.74. The molecule has 0 spiro atoms. The Morgan fingerprint density at radius 1 is 1.06 bits per heavy atom. The minimum Gasteiger partial charge on any atom is -0.496 e. The zero-order valence-electron chi connectivity index (χ0n) is 10.5. The van der Waals surface area contributed by atoms with Crippen LogP contribution < -0.4 is 9.47 Å². The number of hydrogen-bond donors (Lipinski definition) is 0. The minimum absolute atomic E-state index is 0.655. The topological polar surface area (TPSA) is 31.4 Å². The second kappa shape index (κ2) is 5.27. The van der Waals surface area contributed by atoms with Crippen LogP contribution >= 0.6 is 11.6 Å². The minimum atomic E-state index is 0.655. The van der Waals surface area contributed by atoms with Gasteiger partial charge in [0.05, 0.1) is 19.9 Å². The van der Waals surface area contributed by atoms with Gasteiger partial charge in [-0.3, -0.25) is 4.98 Å². The van der Waals surface area contributed by atoms with Gasteiger partial charge in [0.15, 0.2) is 0 Å². The van der Waals surface area contributed by atoms with Crippen molar-refractivity contribution in [3.05, 3.63) is 41.2 Å². The summed E-state index contributed by atoms with van der Waals surface area (Å²) in [6.07, 6.45) is 1.74. The fourth-order valence-electron chi connectivity index (χ4n) is 1.91. The molecule has 3 nitrogen and oxygen atoms in total. The number of nitrogens with zero attached hydrogens (tertiary/aromatic N) is 1. The average molecular weight is 264 g/mol. The van der Waals surface area contributed by atoms with Crippen LogP contribution in [0, 0.1) is 6.92 Å². The Morgan fingerprint density at radius 3 is 2.50 bits per heavy atom. The van der Waals surface area contributed by atoms with Crippen LogP contribution in [-0.4, -0.2) is 19.2 Å². The molecule has 2 rings (SSSR count). The quantitative estimate of drug-likeness (QED) is 0.846. The fourth-order valence-corrected chi connectivity index (χ4v) is 2.09. The Bertz CT molecular complexity index is 570. The zero-order chi connectivity index (χ0) is 13.1. The monoisotopic (exact) mass is 263 g/mol. The molecule has 1 aromatic carbocycles. The lowest BCUT2D eigenvalue weighted by Crippen LogP contribution is -1.95. The molecule has 2 aromatic rings. The van der Waals surface area contributed by atoms with Gasteiger partial charge in [0.25, 0.3) is 0 Å². The van der Waals surface area contributed by atoms with Crippen LogP contribution in [0.1, 0.15) is 5.69 Å². The first kappa shape index (κ1) is 12.7. The van der Waals surface area contributed by atoms with Crippen LogP contribution in [0.25, 0.3) is 11.1 Å². The van der Waals surface area contributed by atoms with E-state index in [4.69, 9.17) is 21.1 Å². The fraction of sp³-hybridized carbons (Fsp3) is 0.214. The summed E-state index contributed by atoms with van der Waals surface area (Å²) in [5, 5.41) is 0.655. The van der Waals surface area contributed by atoms with Gasteiger partial charge in [-0.25, -0.2) is 0 Å². The molecule has 18 heavy (non-hydrogen) atoms. The molecule has 4 heteroatoms. The van der Waals surface area contributed by atoms with Gasteiger partial charge in [0.2, 0.25) is 0 Å². The predicted molar refractivity (Wildman–Crippen MR) is 72.5 cm³/mol. The molecule has 1 heterocycles. The van der Waals surface area contributed by atoms with E-state index in [2.05, 4.69) is 4.98 Å². The number of benzene rings is 1. The van der Waals surface area contributed by atoms with Crippen molar-refractivity contribution in [1.29, 1.82) is 0 Å². The maximum absolute atomic E-state index is 6.05. The van der Waals surface area contributed by atoms with Gasteiger partial charge in [0.1, 0.15) is 11.5 Å². The third-order valence-corrected chi connectivity index (χ3v) is 2.97. The Hall–Kier alpha value is -1.74. The molecule has 0 bridgehead atoms. The second-order valence-electron chi connectivity index (χ2n) is 3.82. The molecule has 0 fully saturated rings. The van der Waals surface area contributed by atoms with Crippen molar-refractivity contribution < 1.29 is 9.47 Å². The highest BCUT2D eigenvalue weighted by atomic mass is 35.5. The van der Waals surface area contributed by atoms with E-state index in [1.807, 2.05) is 25.1 Å². The largest absolute Gasteiger partial charge is 0.496 e. The van der Waals surface area contributed by atoms with E-state index in [1.54, 1.807) is 26.5 Å². The lowest BCUT2D eigenvalue weighted by atomic mass is 10.0. The maximum atomic E-state index is 6.05.